The highest BCUT2D eigenvalue weighted by molar-refractivity contribution is 7.92. The summed E-state index contributed by atoms with van der Waals surface area (Å²) in [6, 6.07) is 15.9. The third-order valence-corrected chi connectivity index (χ3v) is 6.48. The van der Waals surface area contributed by atoms with Crippen LogP contribution >= 0.6 is 11.6 Å². The summed E-state index contributed by atoms with van der Waals surface area (Å²) in [5, 5.41) is 6.35. The van der Waals surface area contributed by atoms with Crippen LogP contribution in [0.1, 0.15) is 5.56 Å². The van der Waals surface area contributed by atoms with Gasteiger partial charge in [-0.2, -0.15) is 0 Å². The fourth-order valence-electron chi connectivity index (χ4n) is 3.31. The summed E-state index contributed by atoms with van der Waals surface area (Å²) in [6.07, 6.45) is 2.82. The van der Waals surface area contributed by atoms with E-state index in [4.69, 9.17) is 11.6 Å². The lowest BCUT2D eigenvalue weighted by Gasteiger charge is -2.10. The average molecular weight is 414 g/mol. The van der Waals surface area contributed by atoms with E-state index in [-0.39, 0.29) is 4.90 Å². The van der Waals surface area contributed by atoms with Gasteiger partial charge >= 0.3 is 0 Å². The van der Waals surface area contributed by atoms with Gasteiger partial charge in [-0.25, -0.2) is 8.42 Å². The maximum Gasteiger partial charge on any atom is 0.261 e. The summed E-state index contributed by atoms with van der Waals surface area (Å²) in [6.45, 7) is 0.850. The Morgan fingerprint density at radius 3 is 2.71 bits per heavy atom. The number of fused-ring (bicyclic) bond motifs is 2. The quantitative estimate of drug-likeness (QED) is 0.434. The molecule has 0 aliphatic carbocycles. The number of aromatic amines is 1. The maximum atomic E-state index is 12.9. The molecule has 1 heterocycles. The van der Waals surface area contributed by atoms with Gasteiger partial charge in [-0.15, -0.1) is 0 Å². The zero-order valence-electron chi connectivity index (χ0n) is 15.3. The minimum absolute atomic E-state index is 0.201. The number of aromatic nitrogens is 1. The number of anilines is 1. The monoisotopic (exact) mass is 413 g/mol. The van der Waals surface area contributed by atoms with E-state index in [0.29, 0.717) is 10.7 Å². The molecule has 5 nitrogen and oxygen atoms in total. The predicted molar refractivity (Wildman–Crippen MR) is 116 cm³/mol. The Bertz CT molecular complexity index is 1270. The van der Waals surface area contributed by atoms with Crippen LogP contribution in [-0.4, -0.2) is 27.0 Å². The van der Waals surface area contributed by atoms with Gasteiger partial charge in [0, 0.05) is 33.2 Å². The van der Waals surface area contributed by atoms with Gasteiger partial charge in [0.2, 0.25) is 0 Å². The molecule has 0 saturated carbocycles. The van der Waals surface area contributed by atoms with Crippen LogP contribution in [0.15, 0.2) is 65.7 Å². The number of hydrogen-bond acceptors (Lipinski definition) is 3. The Hall–Kier alpha value is -2.54. The fraction of sp³-hybridized carbons (Fsp3) is 0.143. The van der Waals surface area contributed by atoms with Crippen LogP contribution in [0.5, 0.6) is 0 Å². The smallest absolute Gasteiger partial charge is 0.261 e. The van der Waals surface area contributed by atoms with Gasteiger partial charge in [-0.05, 0) is 67.4 Å². The summed E-state index contributed by atoms with van der Waals surface area (Å²) in [7, 11) is -1.81. The minimum atomic E-state index is -3.71. The van der Waals surface area contributed by atoms with Gasteiger partial charge in [0.1, 0.15) is 0 Å². The fourth-order valence-corrected chi connectivity index (χ4v) is 4.64. The van der Waals surface area contributed by atoms with Crippen LogP contribution in [0.3, 0.4) is 0 Å². The molecule has 1 aromatic heterocycles. The number of sulfonamides is 1. The molecule has 4 aromatic rings. The Morgan fingerprint density at radius 2 is 1.89 bits per heavy atom. The first-order valence-corrected chi connectivity index (χ1v) is 10.8. The molecule has 0 aliphatic heterocycles. The lowest BCUT2D eigenvalue weighted by atomic mass is 10.1. The van der Waals surface area contributed by atoms with Crippen molar-refractivity contribution in [2.24, 2.45) is 0 Å². The van der Waals surface area contributed by atoms with Crippen molar-refractivity contribution in [2.45, 2.75) is 11.3 Å². The van der Waals surface area contributed by atoms with Crippen molar-refractivity contribution in [3.05, 3.63) is 71.4 Å². The molecule has 3 aromatic carbocycles. The molecule has 0 radical (unpaired) electrons. The van der Waals surface area contributed by atoms with Crippen LogP contribution in [-0.2, 0) is 16.4 Å². The summed E-state index contributed by atoms with van der Waals surface area (Å²) < 4.78 is 28.5. The Morgan fingerprint density at radius 1 is 1.04 bits per heavy atom. The molecule has 0 aliphatic rings. The van der Waals surface area contributed by atoms with E-state index in [1.807, 2.05) is 31.4 Å². The second kappa shape index (κ2) is 7.47. The highest BCUT2D eigenvalue weighted by atomic mass is 35.5. The number of benzene rings is 3. The van der Waals surface area contributed by atoms with Crippen molar-refractivity contribution < 1.29 is 8.42 Å². The van der Waals surface area contributed by atoms with E-state index in [0.717, 1.165) is 40.2 Å². The van der Waals surface area contributed by atoms with E-state index < -0.39 is 10.0 Å². The van der Waals surface area contributed by atoms with Crippen molar-refractivity contribution in [1.82, 2.24) is 10.3 Å². The minimum Gasteiger partial charge on any atom is -0.361 e. The standard InChI is InChI=1S/C21H20ClN3O2S/c1-23-10-9-15-13-24-21-8-5-16(12-19(15)21)25-28(26,27)17-6-7-18-14(11-17)3-2-4-20(18)22/h2-8,11-13,23-25H,9-10H2,1H3. The summed E-state index contributed by atoms with van der Waals surface area (Å²) in [5.41, 5.74) is 2.66. The second-order valence-electron chi connectivity index (χ2n) is 6.66. The molecule has 0 amide bonds. The molecule has 4 rings (SSSR count). The van der Waals surface area contributed by atoms with E-state index in [2.05, 4.69) is 15.0 Å². The van der Waals surface area contributed by atoms with E-state index in [1.165, 1.54) is 0 Å². The molecular formula is C21H20ClN3O2S. The molecule has 28 heavy (non-hydrogen) atoms. The third-order valence-electron chi connectivity index (χ3n) is 4.77. The first-order valence-electron chi connectivity index (χ1n) is 8.94. The zero-order chi connectivity index (χ0) is 19.7. The number of nitrogens with one attached hydrogen (secondary N) is 3. The summed E-state index contributed by atoms with van der Waals surface area (Å²) in [4.78, 5) is 3.43. The van der Waals surface area contributed by atoms with Gasteiger partial charge in [0.05, 0.1) is 4.90 Å². The van der Waals surface area contributed by atoms with E-state index in [1.54, 1.807) is 36.4 Å². The second-order valence-corrected chi connectivity index (χ2v) is 8.75. The van der Waals surface area contributed by atoms with Crippen molar-refractivity contribution >= 4 is 49.0 Å². The Balaban J connectivity index is 1.67. The van der Waals surface area contributed by atoms with Gasteiger partial charge in [-0.1, -0.05) is 29.8 Å². The summed E-state index contributed by atoms with van der Waals surface area (Å²) in [5.74, 6) is 0. The third kappa shape index (κ3) is 3.58. The van der Waals surface area contributed by atoms with Crippen molar-refractivity contribution in [2.75, 3.05) is 18.3 Å². The molecular weight excluding hydrogens is 394 g/mol. The van der Waals surface area contributed by atoms with Crippen LogP contribution in [0.2, 0.25) is 5.02 Å². The number of halogens is 1. The number of rotatable bonds is 6. The zero-order valence-corrected chi connectivity index (χ0v) is 16.9. The van der Waals surface area contributed by atoms with Crippen molar-refractivity contribution in [3.8, 4) is 0 Å². The molecule has 0 saturated heterocycles. The van der Waals surface area contributed by atoms with E-state index >= 15 is 0 Å². The lowest BCUT2D eigenvalue weighted by Crippen LogP contribution is -2.13. The molecule has 3 N–H and O–H groups in total. The van der Waals surface area contributed by atoms with Crippen LogP contribution < -0.4 is 10.0 Å². The average Bonchev–Trinajstić information content (AvgIpc) is 3.08. The number of H-pyrrole nitrogens is 1. The largest absolute Gasteiger partial charge is 0.361 e. The van der Waals surface area contributed by atoms with Crippen molar-refractivity contribution in [1.29, 1.82) is 0 Å². The van der Waals surface area contributed by atoms with Crippen molar-refractivity contribution in [3.63, 3.8) is 0 Å². The first kappa shape index (κ1) is 18.8. The van der Waals surface area contributed by atoms with Crippen LogP contribution in [0.4, 0.5) is 5.69 Å². The molecule has 0 spiro atoms. The number of hydrogen-bond donors (Lipinski definition) is 3. The maximum absolute atomic E-state index is 12.9. The molecule has 144 valence electrons. The summed E-state index contributed by atoms with van der Waals surface area (Å²) >= 11 is 6.18. The van der Waals surface area contributed by atoms with Crippen LogP contribution in [0.25, 0.3) is 21.7 Å². The molecule has 0 atom stereocenters. The number of likely N-dealkylation sites (N-methyl/N-ethyl adjacent to an activating group) is 1. The highest BCUT2D eigenvalue weighted by Gasteiger charge is 2.16. The van der Waals surface area contributed by atoms with Gasteiger partial charge in [0.15, 0.2) is 0 Å². The Kier molecular flexibility index (Phi) is 5.02. The molecule has 0 unspecified atom stereocenters. The molecule has 0 fully saturated rings. The normalized spacial score (nSPS) is 11.9. The lowest BCUT2D eigenvalue weighted by molar-refractivity contribution is 0.601. The van der Waals surface area contributed by atoms with Gasteiger partial charge < -0.3 is 10.3 Å². The topological polar surface area (TPSA) is 74.0 Å². The SMILES string of the molecule is CNCCc1c[nH]c2ccc(NS(=O)(=O)c3ccc4c(Cl)cccc4c3)cc12. The van der Waals surface area contributed by atoms with Gasteiger partial charge in [0.25, 0.3) is 10.0 Å². The molecule has 7 heteroatoms. The van der Waals surface area contributed by atoms with Crippen LogP contribution in [0, 0.1) is 0 Å². The molecule has 0 bridgehead atoms. The highest BCUT2D eigenvalue weighted by Crippen LogP contribution is 2.28. The predicted octanol–water partition coefficient (Wildman–Crippen LogP) is 4.54. The van der Waals surface area contributed by atoms with E-state index in [9.17, 15) is 8.42 Å². The van der Waals surface area contributed by atoms with Gasteiger partial charge in [-0.3, -0.25) is 4.72 Å². The first-order chi connectivity index (χ1) is 13.5. The Labute approximate surface area is 168 Å².